The second-order valence-corrected chi connectivity index (χ2v) is 17.0. The number of amides is 9. The molecule has 34 heteroatoms. The highest BCUT2D eigenvalue weighted by atomic mass is 32.1. The standard InChI is InChI=1S/C41H65N15O18S/c1-17(40(73)74)49-33(66)21(4-3-11-47-41(44)45)50-34(67)22(5-8-27(43)58)51-35(68)23(6-9-28(59)60)53-38(71)26(15-75)55-39(72)31(18(2)57)56-36(69)24(7-10-29(61)62)52-37(70)25(13-30(63)64)54-32(65)20(42)12-19-14-46-16-48-19/h14,16-18,20-26,31,57,75H,3-13,15,42H2,1-2H3,(H2,43,58)(H,46,48)(H,49,66)(H,50,67)(H,51,68)(H,52,70)(H,53,71)(H,54,65)(H,55,72)(H,56,69)(H,59,60)(H,61,62)(H,63,64)(H,73,74)(H4,44,45,47)/t17-,18+,20-,21-,22-,23-,24-,25-,26-,31-/m0/s1. The first-order valence-electron chi connectivity index (χ1n) is 22.7. The van der Waals surface area contributed by atoms with Crippen molar-refractivity contribution in [2.75, 3.05) is 12.3 Å². The topological polar surface area (TPSA) is 564 Å². The zero-order valence-corrected chi connectivity index (χ0v) is 41.5. The predicted octanol–water partition coefficient (Wildman–Crippen LogP) is -7.90. The summed E-state index contributed by atoms with van der Waals surface area (Å²) in [5.74, 6) is -17.3. The van der Waals surface area contributed by atoms with Crippen LogP contribution >= 0.6 is 12.6 Å². The lowest BCUT2D eigenvalue weighted by atomic mass is 10.0. The number of primary amides is 1. The number of hydrogen-bond donors (Lipinski definition) is 19. The Labute approximate surface area is 432 Å². The van der Waals surface area contributed by atoms with E-state index in [2.05, 4.69) is 70.1 Å². The molecule has 0 bridgehead atoms. The minimum Gasteiger partial charge on any atom is -0.481 e. The molecule has 0 aliphatic heterocycles. The number of rotatable bonds is 36. The monoisotopic (exact) mass is 1090 g/mol. The number of nitrogens with two attached hydrogens (primary N) is 4. The second-order valence-electron chi connectivity index (χ2n) is 16.6. The van der Waals surface area contributed by atoms with Crippen LogP contribution in [0.2, 0.25) is 0 Å². The highest BCUT2D eigenvalue weighted by Gasteiger charge is 2.36. The highest BCUT2D eigenvalue weighted by Crippen LogP contribution is 2.09. The Balaban J connectivity index is 3.39. The number of thiol groups is 1. The van der Waals surface area contributed by atoms with Crippen molar-refractivity contribution in [3.8, 4) is 0 Å². The Bertz CT molecular complexity index is 2230. The van der Waals surface area contributed by atoms with Crippen molar-refractivity contribution in [1.29, 1.82) is 0 Å². The number of aliphatic hydroxyl groups excluding tert-OH is 1. The van der Waals surface area contributed by atoms with Gasteiger partial charge in [0.05, 0.1) is 24.9 Å². The number of aromatic amines is 1. The second kappa shape index (κ2) is 32.8. The SMILES string of the molecule is C[C@H](NC(=O)[C@H](CCCN=C(N)N)NC(=O)[C@H](CCC(N)=O)NC(=O)[C@H](CCC(=O)O)NC(=O)[C@H](CS)NC(=O)[C@@H](NC(=O)[C@H](CCC(=O)O)NC(=O)[C@H](CC(=O)O)NC(=O)[C@@H](N)Cc1cnc[nH]1)[C@@H](C)O)C(=O)O. The molecule has 1 rings (SSSR count). The number of nitrogens with one attached hydrogen (secondary N) is 9. The van der Waals surface area contributed by atoms with Crippen LogP contribution < -0.4 is 65.5 Å². The van der Waals surface area contributed by atoms with Gasteiger partial charge in [-0.3, -0.25) is 67.3 Å². The van der Waals surface area contributed by atoms with Gasteiger partial charge in [-0.05, 0) is 46.0 Å². The largest absolute Gasteiger partial charge is 0.481 e. The van der Waals surface area contributed by atoms with Crippen molar-refractivity contribution in [2.45, 2.75) is 139 Å². The summed E-state index contributed by atoms with van der Waals surface area (Å²) in [6, 6.07) is -15.3. The molecule has 22 N–H and O–H groups in total. The van der Waals surface area contributed by atoms with Crippen LogP contribution in [-0.4, -0.2) is 191 Å². The number of carboxylic acid groups (broad SMARTS) is 4. The first-order chi connectivity index (χ1) is 35.1. The van der Waals surface area contributed by atoms with Gasteiger partial charge >= 0.3 is 23.9 Å². The molecule has 33 nitrogen and oxygen atoms in total. The Hall–Kier alpha value is -8.14. The van der Waals surface area contributed by atoms with Crippen LogP contribution in [0.15, 0.2) is 17.5 Å². The van der Waals surface area contributed by atoms with E-state index in [0.29, 0.717) is 5.69 Å². The molecule has 0 saturated carbocycles. The normalized spacial score (nSPS) is 14.8. The summed E-state index contributed by atoms with van der Waals surface area (Å²) >= 11 is 4.06. The van der Waals surface area contributed by atoms with E-state index in [9.17, 15) is 87.9 Å². The summed E-state index contributed by atoms with van der Waals surface area (Å²) in [6.45, 7) is 2.11. The van der Waals surface area contributed by atoms with Crippen LogP contribution in [0.1, 0.15) is 77.3 Å². The number of carbonyl (C=O) groups is 13. The van der Waals surface area contributed by atoms with E-state index in [1.807, 2.05) is 0 Å². The summed E-state index contributed by atoms with van der Waals surface area (Å²) in [7, 11) is 0. The van der Waals surface area contributed by atoms with Crippen LogP contribution in [0.25, 0.3) is 0 Å². The summed E-state index contributed by atoms with van der Waals surface area (Å²) in [5.41, 5.74) is 22.3. The van der Waals surface area contributed by atoms with Gasteiger partial charge in [0.2, 0.25) is 53.2 Å². The van der Waals surface area contributed by atoms with E-state index in [0.717, 1.165) is 13.8 Å². The molecule has 0 aromatic carbocycles. The van der Waals surface area contributed by atoms with E-state index in [1.165, 1.54) is 12.5 Å². The lowest BCUT2D eigenvalue weighted by Crippen LogP contribution is -2.62. The number of aliphatic imine (C=N–C) groups is 1. The van der Waals surface area contributed by atoms with Crippen LogP contribution in [0.4, 0.5) is 0 Å². The molecule has 418 valence electrons. The quantitative estimate of drug-likeness (QED) is 0.0128. The average molecular weight is 1090 g/mol. The number of imidazole rings is 1. The van der Waals surface area contributed by atoms with E-state index >= 15 is 0 Å². The van der Waals surface area contributed by atoms with Crippen molar-refractivity contribution in [2.24, 2.45) is 27.9 Å². The van der Waals surface area contributed by atoms with Crippen molar-refractivity contribution in [3.05, 3.63) is 18.2 Å². The van der Waals surface area contributed by atoms with Gasteiger partial charge in [-0.15, -0.1) is 0 Å². The Morgan fingerprint density at radius 2 is 1.04 bits per heavy atom. The molecule has 0 aliphatic carbocycles. The average Bonchev–Trinajstić information content (AvgIpc) is 3.83. The Kier molecular flexibility index (Phi) is 28.4. The maximum Gasteiger partial charge on any atom is 0.325 e. The van der Waals surface area contributed by atoms with Crippen LogP contribution in [0.3, 0.4) is 0 Å². The fourth-order valence-corrected chi connectivity index (χ4v) is 6.63. The van der Waals surface area contributed by atoms with Gasteiger partial charge < -0.3 is 96.0 Å². The fourth-order valence-electron chi connectivity index (χ4n) is 6.37. The van der Waals surface area contributed by atoms with E-state index in [1.54, 1.807) is 0 Å². The molecule has 9 amide bonds. The molecule has 10 atom stereocenters. The summed E-state index contributed by atoms with van der Waals surface area (Å²) in [4.78, 5) is 176. The number of H-pyrrole nitrogens is 1. The van der Waals surface area contributed by atoms with Crippen molar-refractivity contribution < 1.29 is 87.9 Å². The number of aliphatic carboxylic acids is 4. The molecule has 0 unspecified atom stereocenters. The smallest absolute Gasteiger partial charge is 0.325 e. The first-order valence-corrected chi connectivity index (χ1v) is 23.4. The molecule has 75 heavy (non-hydrogen) atoms. The molecule has 0 radical (unpaired) electrons. The zero-order valence-electron chi connectivity index (χ0n) is 40.6. The predicted molar refractivity (Wildman–Crippen MR) is 259 cm³/mol. The highest BCUT2D eigenvalue weighted by molar-refractivity contribution is 7.80. The summed E-state index contributed by atoms with van der Waals surface area (Å²) in [5, 5.41) is 65.7. The minimum atomic E-state index is -2.01. The van der Waals surface area contributed by atoms with Gasteiger partial charge in [-0.1, -0.05) is 0 Å². The minimum absolute atomic E-state index is 0.0349. The molecule has 1 aromatic heterocycles. The van der Waals surface area contributed by atoms with Crippen LogP contribution in [0, 0.1) is 0 Å². The molecule has 1 heterocycles. The van der Waals surface area contributed by atoms with Gasteiger partial charge in [-0.25, -0.2) is 4.98 Å². The number of guanidine groups is 1. The van der Waals surface area contributed by atoms with E-state index < -0.39 is 188 Å². The third-order valence-corrected chi connectivity index (χ3v) is 10.8. The molecular weight excluding hydrogens is 1020 g/mol. The maximum absolute atomic E-state index is 13.8. The van der Waals surface area contributed by atoms with Crippen molar-refractivity contribution in [1.82, 2.24) is 52.5 Å². The molecular formula is C41H65N15O18S. The Morgan fingerprint density at radius 1 is 0.600 bits per heavy atom. The number of carboxylic acids is 4. The van der Waals surface area contributed by atoms with Gasteiger partial charge in [0, 0.05) is 49.9 Å². The van der Waals surface area contributed by atoms with Gasteiger partial charge in [0.15, 0.2) is 5.96 Å². The molecule has 1 aromatic rings. The molecule has 0 saturated heterocycles. The Morgan fingerprint density at radius 3 is 1.47 bits per heavy atom. The fraction of sp³-hybridized carbons (Fsp3) is 0.585. The number of aromatic nitrogens is 2. The summed E-state index contributed by atoms with van der Waals surface area (Å²) < 4.78 is 0. The summed E-state index contributed by atoms with van der Waals surface area (Å²) in [6.07, 6.45) is -4.45. The first kappa shape index (κ1) is 64.9. The maximum atomic E-state index is 13.8. The molecule has 0 fully saturated rings. The van der Waals surface area contributed by atoms with Crippen molar-refractivity contribution in [3.63, 3.8) is 0 Å². The van der Waals surface area contributed by atoms with Crippen LogP contribution in [0.5, 0.6) is 0 Å². The van der Waals surface area contributed by atoms with Crippen LogP contribution in [-0.2, 0) is 68.7 Å². The molecule has 0 spiro atoms. The number of nitrogens with zero attached hydrogens (tertiary/aromatic N) is 2. The lowest BCUT2D eigenvalue weighted by Gasteiger charge is -2.28. The third kappa shape index (κ3) is 25.4. The van der Waals surface area contributed by atoms with Gasteiger partial charge in [-0.2, -0.15) is 12.6 Å². The van der Waals surface area contributed by atoms with Gasteiger partial charge in [0.25, 0.3) is 0 Å². The third-order valence-electron chi connectivity index (χ3n) is 10.4. The number of hydrogen-bond acceptors (Lipinski definition) is 18. The number of carbonyl (C=O) groups excluding carboxylic acids is 9. The zero-order chi connectivity index (χ0) is 57.1. The van der Waals surface area contributed by atoms with Gasteiger partial charge in [0.1, 0.15) is 48.3 Å². The molecule has 0 aliphatic rings. The lowest BCUT2D eigenvalue weighted by molar-refractivity contribution is -0.142. The number of aliphatic hydroxyl groups is 1. The van der Waals surface area contributed by atoms with E-state index in [-0.39, 0.29) is 31.8 Å². The van der Waals surface area contributed by atoms with Crippen molar-refractivity contribution >= 4 is 95.6 Å². The van der Waals surface area contributed by atoms with E-state index in [4.69, 9.17) is 22.9 Å².